The van der Waals surface area contributed by atoms with Crippen LogP contribution in [0.5, 0.6) is 0 Å². The predicted octanol–water partition coefficient (Wildman–Crippen LogP) is 0.603. The molecule has 0 spiro atoms. The average Bonchev–Trinajstić information content (AvgIpc) is 2.40. The summed E-state index contributed by atoms with van der Waals surface area (Å²) in [6.07, 6.45) is 1.72. The number of nitrogens with zero attached hydrogens (tertiary/aromatic N) is 1. The van der Waals surface area contributed by atoms with Gasteiger partial charge in [-0.2, -0.15) is 0 Å². The lowest BCUT2D eigenvalue weighted by Gasteiger charge is -2.06. The van der Waals surface area contributed by atoms with Gasteiger partial charge in [-0.25, -0.2) is 4.79 Å². The first-order chi connectivity index (χ1) is 7.25. The summed E-state index contributed by atoms with van der Waals surface area (Å²) < 4.78 is 1.80. The summed E-state index contributed by atoms with van der Waals surface area (Å²) in [5, 5.41) is 0. The average molecular weight is 203 g/mol. The van der Waals surface area contributed by atoms with Gasteiger partial charge >= 0.3 is 5.69 Å². The van der Waals surface area contributed by atoms with Gasteiger partial charge in [0.15, 0.2) is 0 Å². The molecule has 2 heterocycles. The minimum atomic E-state index is -0.0217. The van der Waals surface area contributed by atoms with Crippen LogP contribution in [0, 0.1) is 0 Å². The van der Waals surface area contributed by atoms with Crippen LogP contribution in [0.2, 0.25) is 0 Å². The van der Waals surface area contributed by atoms with Gasteiger partial charge in [-0.1, -0.05) is 12.1 Å². The first-order valence-electron chi connectivity index (χ1n) is 5.21. The maximum absolute atomic E-state index is 11.7. The molecule has 1 aliphatic rings. The number of aryl methyl sites for hydroxylation is 1. The van der Waals surface area contributed by atoms with E-state index in [9.17, 15) is 4.79 Å². The van der Waals surface area contributed by atoms with Crippen LogP contribution < -0.4 is 11.4 Å². The fraction of sp³-hybridized carbons (Fsp3) is 0.364. The van der Waals surface area contributed by atoms with Crippen LogP contribution in [0.15, 0.2) is 23.0 Å². The molecule has 1 unspecified atom stereocenters. The van der Waals surface area contributed by atoms with E-state index in [-0.39, 0.29) is 11.7 Å². The molecule has 0 fully saturated rings. The Hall–Kier alpha value is -1.55. The molecule has 3 rings (SSSR count). The fourth-order valence-corrected chi connectivity index (χ4v) is 2.35. The zero-order valence-corrected chi connectivity index (χ0v) is 8.36. The Morgan fingerprint density at radius 3 is 3.20 bits per heavy atom. The van der Waals surface area contributed by atoms with Gasteiger partial charge in [-0.3, -0.25) is 4.57 Å². The number of nitrogens with one attached hydrogen (secondary N) is 1. The fourth-order valence-electron chi connectivity index (χ4n) is 2.35. The van der Waals surface area contributed by atoms with E-state index in [1.54, 1.807) is 4.57 Å². The van der Waals surface area contributed by atoms with E-state index in [2.05, 4.69) is 11.1 Å². The Morgan fingerprint density at radius 1 is 1.47 bits per heavy atom. The number of rotatable bonds is 0. The lowest BCUT2D eigenvalue weighted by Crippen LogP contribution is -2.24. The molecular weight excluding hydrogens is 190 g/mol. The second-order valence-electron chi connectivity index (χ2n) is 4.15. The van der Waals surface area contributed by atoms with Crippen LogP contribution in [0.1, 0.15) is 12.0 Å². The van der Waals surface area contributed by atoms with Gasteiger partial charge in [0.1, 0.15) is 0 Å². The molecule has 0 amide bonds. The normalized spacial score (nSPS) is 20.5. The topological polar surface area (TPSA) is 63.8 Å². The summed E-state index contributed by atoms with van der Waals surface area (Å²) in [4.78, 5) is 14.5. The summed E-state index contributed by atoms with van der Waals surface area (Å²) in [5.41, 5.74) is 9.09. The Balaban J connectivity index is 2.39. The SMILES string of the molecule is NC1CCn2c(=O)[nH]c3cccc(c32)C1. The van der Waals surface area contributed by atoms with Crippen molar-refractivity contribution in [1.29, 1.82) is 0 Å². The number of nitrogens with two attached hydrogens (primary N) is 1. The minimum absolute atomic E-state index is 0.0217. The first-order valence-corrected chi connectivity index (χ1v) is 5.21. The molecule has 0 bridgehead atoms. The third-order valence-electron chi connectivity index (χ3n) is 3.08. The Labute approximate surface area is 86.7 Å². The maximum Gasteiger partial charge on any atom is 0.326 e. The third kappa shape index (κ3) is 1.22. The highest BCUT2D eigenvalue weighted by Gasteiger charge is 2.17. The zero-order valence-electron chi connectivity index (χ0n) is 8.36. The van der Waals surface area contributed by atoms with Crippen molar-refractivity contribution >= 4 is 11.0 Å². The van der Waals surface area contributed by atoms with Gasteiger partial charge in [0.05, 0.1) is 11.0 Å². The minimum Gasteiger partial charge on any atom is -0.327 e. The van der Waals surface area contributed by atoms with Crippen molar-refractivity contribution in [1.82, 2.24) is 9.55 Å². The quantitative estimate of drug-likeness (QED) is 0.658. The molecule has 15 heavy (non-hydrogen) atoms. The van der Waals surface area contributed by atoms with Crippen molar-refractivity contribution in [2.45, 2.75) is 25.4 Å². The van der Waals surface area contributed by atoms with Crippen molar-refractivity contribution in [3.8, 4) is 0 Å². The summed E-state index contributed by atoms with van der Waals surface area (Å²) >= 11 is 0. The number of aromatic nitrogens is 2. The second-order valence-corrected chi connectivity index (χ2v) is 4.15. The molecule has 4 heteroatoms. The molecule has 2 aromatic rings. The first kappa shape index (κ1) is 8.73. The molecule has 4 nitrogen and oxygen atoms in total. The molecule has 0 aliphatic carbocycles. The van der Waals surface area contributed by atoms with Crippen LogP contribution in [0.3, 0.4) is 0 Å². The molecule has 3 N–H and O–H groups in total. The monoisotopic (exact) mass is 203 g/mol. The summed E-state index contributed by atoms with van der Waals surface area (Å²) in [6, 6.07) is 6.12. The van der Waals surface area contributed by atoms with Crippen molar-refractivity contribution in [3.05, 3.63) is 34.2 Å². The van der Waals surface area contributed by atoms with Crippen LogP contribution >= 0.6 is 0 Å². The standard InChI is InChI=1S/C11H13N3O/c12-8-4-5-14-10-7(6-8)2-1-3-9(10)13-11(14)15/h1-3,8H,4-6,12H2,(H,13,15). The molecule has 1 aliphatic heterocycles. The smallest absolute Gasteiger partial charge is 0.326 e. The Bertz CT molecular complexity index is 567. The zero-order chi connectivity index (χ0) is 10.4. The van der Waals surface area contributed by atoms with Crippen LogP contribution in [0.25, 0.3) is 11.0 Å². The molecule has 0 radical (unpaired) electrons. The molecule has 0 saturated heterocycles. The Morgan fingerprint density at radius 2 is 2.33 bits per heavy atom. The number of para-hydroxylation sites is 1. The lowest BCUT2D eigenvalue weighted by atomic mass is 10.0. The van der Waals surface area contributed by atoms with Gasteiger partial charge in [0, 0.05) is 12.6 Å². The predicted molar refractivity (Wildman–Crippen MR) is 58.9 cm³/mol. The van der Waals surface area contributed by atoms with Crippen molar-refractivity contribution in [2.75, 3.05) is 0 Å². The second kappa shape index (κ2) is 2.97. The number of H-pyrrole nitrogens is 1. The van der Waals surface area contributed by atoms with Gasteiger partial charge in [-0.05, 0) is 24.5 Å². The highest BCUT2D eigenvalue weighted by molar-refractivity contribution is 5.79. The molecule has 1 atom stereocenters. The maximum atomic E-state index is 11.7. The number of benzene rings is 1. The number of hydrogen-bond donors (Lipinski definition) is 2. The van der Waals surface area contributed by atoms with Crippen LogP contribution in [-0.2, 0) is 13.0 Å². The number of hydrogen-bond acceptors (Lipinski definition) is 2. The van der Waals surface area contributed by atoms with E-state index in [1.165, 1.54) is 5.56 Å². The van der Waals surface area contributed by atoms with Crippen LogP contribution in [0.4, 0.5) is 0 Å². The third-order valence-corrected chi connectivity index (χ3v) is 3.08. The molecule has 1 aromatic heterocycles. The summed E-state index contributed by atoms with van der Waals surface area (Å²) in [7, 11) is 0. The van der Waals surface area contributed by atoms with Gasteiger partial charge in [0.25, 0.3) is 0 Å². The number of aromatic amines is 1. The van der Waals surface area contributed by atoms with Gasteiger partial charge in [0.2, 0.25) is 0 Å². The van der Waals surface area contributed by atoms with Crippen molar-refractivity contribution in [3.63, 3.8) is 0 Å². The van der Waals surface area contributed by atoms with E-state index >= 15 is 0 Å². The van der Waals surface area contributed by atoms with E-state index in [1.807, 2.05) is 12.1 Å². The lowest BCUT2D eigenvalue weighted by molar-refractivity contribution is 0.556. The largest absolute Gasteiger partial charge is 0.327 e. The summed E-state index contributed by atoms with van der Waals surface area (Å²) in [6.45, 7) is 0.719. The Kier molecular flexibility index (Phi) is 1.73. The molecular formula is C11H13N3O. The van der Waals surface area contributed by atoms with Gasteiger partial charge < -0.3 is 10.7 Å². The van der Waals surface area contributed by atoms with Crippen LogP contribution in [-0.4, -0.2) is 15.6 Å². The van der Waals surface area contributed by atoms with E-state index in [0.29, 0.717) is 0 Å². The highest BCUT2D eigenvalue weighted by atomic mass is 16.1. The molecule has 0 saturated carbocycles. The van der Waals surface area contributed by atoms with Gasteiger partial charge in [-0.15, -0.1) is 0 Å². The van der Waals surface area contributed by atoms with E-state index in [0.717, 1.165) is 30.4 Å². The molecule has 1 aromatic carbocycles. The van der Waals surface area contributed by atoms with E-state index in [4.69, 9.17) is 5.73 Å². The number of imidazole rings is 1. The van der Waals surface area contributed by atoms with Crippen molar-refractivity contribution < 1.29 is 0 Å². The van der Waals surface area contributed by atoms with Crippen molar-refractivity contribution in [2.24, 2.45) is 5.73 Å². The summed E-state index contributed by atoms with van der Waals surface area (Å²) in [5.74, 6) is 0. The highest BCUT2D eigenvalue weighted by Crippen LogP contribution is 2.21. The van der Waals surface area contributed by atoms with E-state index < -0.39 is 0 Å². The molecule has 78 valence electrons.